The van der Waals surface area contributed by atoms with E-state index < -0.39 is 12.2 Å². The van der Waals surface area contributed by atoms with E-state index in [1.165, 1.54) is 20.1 Å². The zero-order valence-corrected chi connectivity index (χ0v) is 16.1. The van der Waals surface area contributed by atoms with E-state index in [-0.39, 0.29) is 24.1 Å². The number of methoxy groups -OCH3 is 1. The van der Waals surface area contributed by atoms with Gasteiger partial charge in [0, 0.05) is 17.9 Å². The lowest BCUT2D eigenvalue weighted by Crippen LogP contribution is -2.22. The zero-order valence-electron chi connectivity index (χ0n) is 16.1. The molecule has 0 fully saturated rings. The number of nitrogens with one attached hydrogen (secondary N) is 1. The molecule has 28 heavy (non-hydrogen) atoms. The van der Waals surface area contributed by atoms with Crippen LogP contribution in [-0.2, 0) is 4.74 Å². The van der Waals surface area contributed by atoms with Crippen LogP contribution in [0.1, 0.15) is 42.3 Å². The third kappa shape index (κ3) is 5.47. The molecule has 0 saturated heterocycles. The quantitative estimate of drug-likeness (QED) is 0.593. The molecular formula is C21H25NO6. The number of aliphatic hydroxyl groups excluding tert-OH is 1. The van der Waals surface area contributed by atoms with Crippen molar-refractivity contribution in [2.45, 2.75) is 26.4 Å². The summed E-state index contributed by atoms with van der Waals surface area (Å²) < 4.78 is 10.6. The Morgan fingerprint density at radius 2 is 1.82 bits per heavy atom. The van der Waals surface area contributed by atoms with E-state index in [1.807, 2.05) is 6.92 Å². The smallest absolute Gasteiger partial charge is 0.412 e. The molecule has 0 unspecified atom stereocenters. The number of aromatic hydroxyl groups is 1. The molecule has 7 nitrogen and oxygen atoms in total. The lowest BCUT2D eigenvalue weighted by Gasteiger charge is -2.24. The monoisotopic (exact) mass is 387 g/mol. The van der Waals surface area contributed by atoms with Crippen molar-refractivity contribution in [1.29, 1.82) is 0 Å². The van der Waals surface area contributed by atoms with E-state index in [0.29, 0.717) is 29.0 Å². The molecule has 0 aromatic heterocycles. The number of ketones is 1. The summed E-state index contributed by atoms with van der Waals surface area (Å²) >= 11 is 0. The number of benzene rings is 2. The summed E-state index contributed by atoms with van der Waals surface area (Å²) in [5, 5.41) is 21.9. The summed E-state index contributed by atoms with van der Waals surface area (Å²) in [7, 11) is 1.45. The third-order valence-electron chi connectivity index (χ3n) is 4.40. The number of ether oxygens (including phenoxy) is 2. The minimum Gasteiger partial charge on any atom is -0.504 e. The number of Topliss-reactive ketones (excluding diaryl/α,β-unsaturated/α-hetero) is 1. The van der Waals surface area contributed by atoms with Crippen molar-refractivity contribution < 1.29 is 29.3 Å². The molecule has 0 aliphatic heterocycles. The summed E-state index contributed by atoms with van der Waals surface area (Å²) in [4.78, 5) is 23.7. The van der Waals surface area contributed by atoms with Crippen molar-refractivity contribution >= 4 is 17.6 Å². The topological polar surface area (TPSA) is 105 Å². The minimum atomic E-state index is -0.680. The first kappa shape index (κ1) is 21.2. The molecule has 2 aromatic carbocycles. The highest BCUT2D eigenvalue weighted by molar-refractivity contribution is 5.95. The van der Waals surface area contributed by atoms with E-state index in [9.17, 15) is 19.8 Å². The maximum atomic E-state index is 12.4. The predicted molar refractivity (Wildman–Crippen MR) is 105 cm³/mol. The van der Waals surface area contributed by atoms with Crippen LogP contribution >= 0.6 is 0 Å². The fourth-order valence-electron chi connectivity index (χ4n) is 2.80. The normalized spacial score (nSPS) is 12.7. The summed E-state index contributed by atoms with van der Waals surface area (Å²) in [6.45, 7) is 3.25. The van der Waals surface area contributed by atoms with Gasteiger partial charge < -0.3 is 19.7 Å². The van der Waals surface area contributed by atoms with Crippen molar-refractivity contribution in [2.24, 2.45) is 5.92 Å². The van der Waals surface area contributed by atoms with Gasteiger partial charge in [0.2, 0.25) is 0 Å². The molecule has 150 valence electrons. The van der Waals surface area contributed by atoms with E-state index in [0.717, 1.165) is 0 Å². The molecule has 1 amide bonds. The van der Waals surface area contributed by atoms with Crippen LogP contribution in [0, 0.1) is 5.92 Å². The van der Waals surface area contributed by atoms with Gasteiger partial charge in [-0.2, -0.15) is 0 Å². The lowest BCUT2D eigenvalue weighted by atomic mass is 9.94. The highest BCUT2D eigenvalue weighted by Gasteiger charge is 2.24. The number of carbonyl (C=O) groups excluding carboxylic acids is 2. The van der Waals surface area contributed by atoms with Crippen LogP contribution < -0.4 is 10.1 Å². The molecule has 0 aliphatic rings. The minimum absolute atomic E-state index is 0.0582. The first-order chi connectivity index (χ1) is 13.3. The van der Waals surface area contributed by atoms with Gasteiger partial charge in [-0.3, -0.25) is 10.1 Å². The van der Waals surface area contributed by atoms with Crippen LogP contribution in [0.2, 0.25) is 0 Å². The second kappa shape index (κ2) is 9.75. The summed E-state index contributed by atoms with van der Waals surface area (Å²) in [5.74, 6) is -0.00711. The van der Waals surface area contributed by atoms with Crippen molar-refractivity contribution in [3.05, 3.63) is 53.6 Å². The molecule has 2 atom stereocenters. The van der Waals surface area contributed by atoms with Gasteiger partial charge in [-0.1, -0.05) is 13.0 Å². The number of anilines is 1. The second-order valence-corrected chi connectivity index (χ2v) is 6.51. The van der Waals surface area contributed by atoms with Gasteiger partial charge in [-0.15, -0.1) is 0 Å². The Morgan fingerprint density at radius 1 is 1.14 bits per heavy atom. The van der Waals surface area contributed by atoms with Gasteiger partial charge in [0.1, 0.15) is 6.10 Å². The molecule has 0 saturated carbocycles. The van der Waals surface area contributed by atoms with Gasteiger partial charge in [0.25, 0.3) is 0 Å². The van der Waals surface area contributed by atoms with E-state index in [2.05, 4.69) is 5.32 Å². The average molecular weight is 387 g/mol. The van der Waals surface area contributed by atoms with Crippen molar-refractivity contribution in [1.82, 2.24) is 0 Å². The molecule has 0 aliphatic carbocycles. The summed E-state index contributed by atoms with van der Waals surface area (Å²) in [6.07, 6.45) is -0.945. The van der Waals surface area contributed by atoms with E-state index in [1.54, 1.807) is 36.4 Å². The number of amides is 1. The van der Waals surface area contributed by atoms with Gasteiger partial charge in [-0.05, 0) is 61.2 Å². The van der Waals surface area contributed by atoms with Crippen LogP contribution in [0.25, 0.3) is 0 Å². The number of rotatable bonds is 8. The number of hydrogen-bond donors (Lipinski definition) is 3. The predicted octanol–water partition coefficient (Wildman–Crippen LogP) is 3.91. The molecule has 0 bridgehead atoms. The SMILES string of the molecule is COc1ccc([C@@H](OC(=O)Nc2ccc(C(C)=O)cc2)[C@@H](C)CCO)cc1O. The maximum absolute atomic E-state index is 12.4. The first-order valence-electron chi connectivity index (χ1n) is 8.92. The standard InChI is InChI=1S/C21H25NO6/c1-13(10-11-23)20(16-6-9-19(27-3)18(25)12-16)28-21(26)22-17-7-4-15(5-8-17)14(2)24/h4-9,12-13,20,23,25H,10-11H2,1-3H3,(H,22,26)/t13-,20-/m0/s1. The Bertz CT molecular complexity index is 818. The average Bonchev–Trinajstić information content (AvgIpc) is 2.66. The van der Waals surface area contributed by atoms with Crippen LogP contribution in [0.5, 0.6) is 11.5 Å². The Labute approximate surface area is 163 Å². The van der Waals surface area contributed by atoms with Gasteiger partial charge in [0.05, 0.1) is 7.11 Å². The van der Waals surface area contributed by atoms with Crippen LogP contribution in [0.3, 0.4) is 0 Å². The Balaban J connectivity index is 2.16. The number of hydrogen-bond acceptors (Lipinski definition) is 6. The fourth-order valence-corrected chi connectivity index (χ4v) is 2.80. The maximum Gasteiger partial charge on any atom is 0.412 e. The molecule has 2 aromatic rings. The highest BCUT2D eigenvalue weighted by atomic mass is 16.6. The molecule has 0 radical (unpaired) electrons. The van der Waals surface area contributed by atoms with Crippen LogP contribution in [0.4, 0.5) is 10.5 Å². The van der Waals surface area contributed by atoms with Crippen LogP contribution in [0.15, 0.2) is 42.5 Å². The Kier molecular flexibility index (Phi) is 7.40. The largest absolute Gasteiger partial charge is 0.504 e. The second-order valence-electron chi connectivity index (χ2n) is 6.51. The lowest BCUT2D eigenvalue weighted by molar-refractivity contribution is 0.0666. The fraction of sp³-hybridized carbons (Fsp3) is 0.333. The number of carbonyl (C=O) groups is 2. The number of phenolic OH excluding ortho intramolecular Hbond substituents is 1. The molecule has 3 N–H and O–H groups in total. The van der Waals surface area contributed by atoms with Gasteiger partial charge in [0.15, 0.2) is 17.3 Å². The van der Waals surface area contributed by atoms with Gasteiger partial charge >= 0.3 is 6.09 Å². The number of phenols is 1. The summed E-state index contributed by atoms with van der Waals surface area (Å²) in [6, 6.07) is 11.2. The number of aliphatic hydroxyl groups is 1. The first-order valence-corrected chi connectivity index (χ1v) is 8.92. The molecule has 7 heteroatoms. The van der Waals surface area contributed by atoms with Gasteiger partial charge in [-0.25, -0.2) is 4.79 Å². The summed E-state index contributed by atoms with van der Waals surface area (Å²) in [5.41, 5.74) is 1.62. The zero-order chi connectivity index (χ0) is 20.7. The van der Waals surface area contributed by atoms with Crippen molar-refractivity contribution in [3.8, 4) is 11.5 Å². The van der Waals surface area contributed by atoms with E-state index in [4.69, 9.17) is 9.47 Å². The highest BCUT2D eigenvalue weighted by Crippen LogP contribution is 2.34. The Morgan fingerprint density at radius 3 is 2.36 bits per heavy atom. The third-order valence-corrected chi connectivity index (χ3v) is 4.40. The van der Waals surface area contributed by atoms with E-state index >= 15 is 0 Å². The molecular weight excluding hydrogens is 362 g/mol. The Hall–Kier alpha value is -3.06. The van der Waals surface area contributed by atoms with Crippen molar-refractivity contribution in [2.75, 3.05) is 19.0 Å². The molecule has 0 spiro atoms. The molecule has 2 rings (SSSR count). The van der Waals surface area contributed by atoms with Crippen molar-refractivity contribution in [3.63, 3.8) is 0 Å². The van der Waals surface area contributed by atoms with Crippen LogP contribution in [-0.4, -0.2) is 35.8 Å². The molecule has 0 heterocycles.